The van der Waals surface area contributed by atoms with Crippen LogP contribution in [0.25, 0.3) is 10.8 Å². The lowest BCUT2D eigenvalue weighted by Gasteiger charge is -2.07. The highest BCUT2D eigenvalue weighted by Crippen LogP contribution is 2.24. The molecule has 2 rings (SSSR count). The summed E-state index contributed by atoms with van der Waals surface area (Å²) < 4.78 is 5.77. The highest BCUT2D eigenvalue weighted by molar-refractivity contribution is 5.88. The van der Waals surface area contributed by atoms with E-state index in [2.05, 4.69) is 37.4 Å². The predicted octanol–water partition coefficient (Wildman–Crippen LogP) is 3.73. The van der Waals surface area contributed by atoms with Crippen molar-refractivity contribution in [3.8, 4) is 5.75 Å². The van der Waals surface area contributed by atoms with Crippen LogP contribution in [0.5, 0.6) is 5.75 Å². The molecule has 2 nitrogen and oxygen atoms in total. The SMILES string of the molecule is CC(C)NC=CCOc1cccc2ccccc12. The summed E-state index contributed by atoms with van der Waals surface area (Å²) in [7, 11) is 0. The lowest BCUT2D eigenvalue weighted by atomic mass is 10.1. The quantitative estimate of drug-likeness (QED) is 0.861. The average molecular weight is 241 g/mol. The van der Waals surface area contributed by atoms with Gasteiger partial charge < -0.3 is 10.1 Å². The Labute approximate surface area is 108 Å². The smallest absolute Gasteiger partial charge is 0.127 e. The molecule has 0 bridgehead atoms. The van der Waals surface area contributed by atoms with Gasteiger partial charge in [-0.05, 0) is 37.6 Å². The maximum Gasteiger partial charge on any atom is 0.127 e. The topological polar surface area (TPSA) is 21.3 Å². The molecular weight excluding hydrogens is 222 g/mol. The fourth-order valence-electron chi connectivity index (χ4n) is 1.77. The zero-order chi connectivity index (χ0) is 12.8. The molecule has 0 atom stereocenters. The second-order valence-electron chi connectivity index (χ2n) is 4.51. The van der Waals surface area contributed by atoms with Crippen LogP contribution in [0.2, 0.25) is 0 Å². The fraction of sp³-hybridized carbons (Fsp3) is 0.250. The molecule has 2 aromatic rings. The Kier molecular flexibility index (Phi) is 4.24. The molecule has 0 aromatic heterocycles. The second kappa shape index (κ2) is 6.10. The average Bonchev–Trinajstić information content (AvgIpc) is 2.38. The lowest BCUT2D eigenvalue weighted by molar-refractivity contribution is 0.366. The van der Waals surface area contributed by atoms with E-state index < -0.39 is 0 Å². The molecule has 0 fully saturated rings. The van der Waals surface area contributed by atoms with Gasteiger partial charge >= 0.3 is 0 Å². The van der Waals surface area contributed by atoms with Gasteiger partial charge in [-0.3, -0.25) is 0 Å². The highest BCUT2D eigenvalue weighted by atomic mass is 16.5. The minimum atomic E-state index is 0.457. The Hall–Kier alpha value is -1.96. The minimum Gasteiger partial charge on any atom is -0.489 e. The molecule has 94 valence electrons. The zero-order valence-corrected chi connectivity index (χ0v) is 10.9. The van der Waals surface area contributed by atoms with Gasteiger partial charge in [0.05, 0.1) is 0 Å². The number of hydrogen-bond donors (Lipinski definition) is 1. The second-order valence-corrected chi connectivity index (χ2v) is 4.51. The number of nitrogens with one attached hydrogen (secondary N) is 1. The summed E-state index contributed by atoms with van der Waals surface area (Å²) in [5.74, 6) is 0.933. The highest BCUT2D eigenvalue weighted by Gasteiger charge is 1.99. The number of rotatable bonds is 5. The molecule has 0 aliphatic heterocycles. The summed E-state index contributed by atoms with van der Waals surface area (Å²) in [6.07, 6.45) is 3.93. The first-order valence-electron chi connectivity index (χ1n) is 6.29. The van der Waals surface area contributed by atoms with E-state index in [9.17, 15) is 0 Å². The van der Waals surface area contributed by atoms with Crippen LogP contribution in [0, 0.1) is 0 Å². The zero-order valence-electron chi connectivity index (χ0n) is 10.9. The van der Waals surface area contributed by atoms with Crippen molar-refractivity contribution in [2.75, 3.05) is 6.61 Å². The van der Waals surface area contributed by atoms with Crippen LogP contribution in [-0.2, 0) is 0 Å². The standard InChI is InChI=1S/C16H19NO/c1-13(2)17-11-6-12-18-16-10-5-8-14-7-3-4-9-15(14)16/h3-11,13,17H,12H2,1-2H3. The van der Waals surface area contributed by atoms with Gasteiger partial charge in [-0.2, -0.15) is 0 Å². The van der Waals surface area contributed by atoms with E-state index in [1.807, 2.05) is 36.5 Å². The van der Waals surface area contributed by atoms with Crippen LogP contribution in [0.15, 0.2) is 54.7 Å². The molecule has 0 saturated carbocycles. The number of benzene rings is 2. The van der Waals surface area contributed by atoms with Crippen LogP contribution in [-0.4, -0.2) is 12.6 Å². The molecule has 0 spiro atoms. The van der Waals surface area contributed by atoms with Crippen molar-refractivity contribution >= 4 is 10.8 Å². The van der Waals surface area contributed by atoms with Crippen molar-refractivity contribution in [3.05, 3.63) is 54.7 Å². The van der Waals surface area contributed by atoms with Gasteiger partial charge in [0, 0.05) is 11.4 Å². The molecule has 1 N–H and O–H groups in total. The molecule has 0 heterocycles. The Balaban J connectivity index is 2.01. The summed E-state index contributed by atoms with van der Waals surface area (Å²) >= 11 is 0. The maximum atomic E-state index is 5.77. The number of hydrogen-bond acceptors (Lipinski definition) is 2. The fourth-order valence-corrected chi connectivity index (χ4v) is 1.77. The van der Waals surface area contributed by atoms with Gasteiger partial charge in [0.1, 0.15) is 12.4 Å². The van der Waals surface area contributed by atoms with Gasteiger partial charge in [0.15, 0.2) is 0 Å². The van der Waals surface area contributed by atoms with E-state index in [0.29, 0.717) is 12.6 Å². The van der Waals surface area contributed by atoms with Gasteiger partial charge in [0.25, 0.3) is 0 Å². The monoisotopic (exact) mass is 241 g/mol. The molecule has 18 heavy (non-hydrogen) atoms. The van der Waals surface area contributed by atoms with Gasteiger partial charge in [-0.25, -0.2) is 0 Å². The van der Waals surface area contributed by atoms with Gasteiger partial charge in [-0.1, -0.05) is 36.4 Å². The van der Waals surface area contributed by atoms with Crippen LogP contribution in [0.4, 0.5) is 0 Å². The molecule has 2 aromatic carbocycles. The molecule has 0 aliphatic carbocycles. The van der Waals surface area contributed by atoms with E-state index in [4.69, 9.17) is 4.74 Å². The van der Waals surface area contributed by atoms with Crippen molar-refractivity contribution in [1.29, 1.82) is 0 Å². The van der Waals surface area contributed by atoms with Gasteiger partial charge in [-0.15, -0.1) is 0 Å². The molecule has 0 radical (unpaired) electrons. The lowest BCUT2D eigenvalue weighted by Crippen LogP contribution is -2.15. The Morgan fingerprint density at radius 2 is 1.89 bits per heavy atom. The van der Waals surface area contributed by atoms with Gasteiger partial charge in [0.2, 0.25) is 0 Å². The molecule has 0 saturated heterocycles. The molecular formula is C16H19NO. The van der Waals surface area contributed by atoms with E-state index >= 15 is 0 Å². The van der Waals surface area contributed by atoms with Crippen molar-refractivity contribution in [1.82, 2.24) is 5.32 Å². The first-order valence-corrected chi connectivity index (χ1v) is 6.29. The summed E-state index contributed by atoms with van der Waals surface area (Å²) in [4.78, 5) is 0. The third kappa shape index (κ3) is 3.27. The molecule has 0 amide bonds. The van der Waals surface area contributed by atoms with Crippen LogP contribution in [0.1, 0.15) is 13.8 Å². The Morgan fingerprint density at radius 3 is 2.72 bits per heavy atom. The van der Waals surface area contributed by atoms with E-state index in [-0.39, 0.29) is 0 Å². The van der Waals surface area contributed by atoms with Crippen molar-refractivity contribution < 1.29 is 4.74 Å². The molecule has 2 heteroatoms. The Morgan fingerprint density at radius 1 is 1.11 bits per heavy atom. The summed E-state index contributed by atoms with van der Waals surface area (Å²) in [6.45, 7) is 4.79. The number of fused-ring (bicyclic) bond motifs is 1. The molecule has 0 aliphatic rings. The van der Waals surface area contributed by atoms with Crippen molar-refractivity contribution in [2.24, 2.45) is 0 Å². The van der Waals surface area contributed by atoms with Crippen LogP contribution >= 0.6 is 0 Å². The van der Waals surface area contributed by atoms with E-state index in [1.165, 1.54) is 5.39 Å². The van der Waals surface area contributed by atoms with Crippen LogP contribution < -0.4 is 10.1 Å². The van der Waals surface area contributed by atoms with Crippen LogP contribution in [0.3, 0.4) is 0 Å². The third-order valence-electron chi connectivity index (χ3n) is 2.63. The molecule has 0 unspecified atom stereocenters. The normalized spacial score (nSPS) is 11.3. The first-order chi connectivity index (χ1) is 8.77. The third-order valence-corrected chi connectivity index (χ3v) is 2.63. The van der Waals surface area contributed by atoms with Crippen molar-refractivity contribution in [3.63, 3.8) is 0 Å². The van der Waals surface area contributed by atoms with E-state index in [1.54, 1.807) is 0 Å². The van der Waals surface area contributed by atoms with E-state index in [0.717, 1.165) is 11.1 Å². The summed E-state index contributed by atoms with van der Waals surface area (Å²) in [5, 5.41) is 5.57. The first kappa shape index (κ1) is 12.5. The minimum absolute atomic E-state index is 0.457. The predicted molar refractivity (Wildman–Crippen MR) is 76.9 cm³/mol. The van der Waals surface area contributed by atoms with Crippen molar-refractivity contribution in [2.45, 2.75) is 19.9 Å². The maximum absolute atomic E-state index is 5.77. The largest absolute Gasteiger partial charge is 0.489 e. The summed E-state index contributed by atoms with van der Waals surface area (Å²) in [6, 6.07) is 14.8. The Bertz CT molecular complexity index is 526. The number of ether oxygens (including phenoxy) is 1. The summed E-state index contributed by atoms with van der Waals surface area (Å²) in [5.41, 5.74) is 0.